The van der Waals surface area contributed by atoms with Crippen LogP contribution in [0, 0.1) is 29.4 Å². The van der Waals surface area contributed by atoms with Crippen molar-refractivity contribution in [2.45, 2.75) is 13.5 Å². The van der Waals surface area contributed by atoms with Gasteiger partial charge in [-0.3, -0.25) is 15.1 Å². The molecular weight excluding hydrogens is 412 g/mol. The number of aryl methyl sites for hydroxylation is 2. The molecule has 3 aromatic heterocycles. The first-order valence-corrected chi connectivity index (χ1v) is 10.5. The van der Waals surface area contributed by atoms with Gasteiger partial charge in [0.2, 0.25) is 12.1 Å². The van der Waals surface area contributed by atoms with Crippen LogP contribution in [0.25, 0.3) is 44.9 Å². The quantitative estimate of drug-likeness (QED) is 0.170. The third-order valence-corrected chi connectivity index (χ3v) is 6.02. The maximum atomic E-state index is 11.3. The zero-order valence-corrected chi connectivity index (χ0v) is 18.3. The van der Waals surface area contributed by atoms with Crippen molar-refractivity contribution in [2.75, 3.05) is 0 Å². The lowest BCUT2D eigenvalue weighted by molar-refractivity contribution is -0.658. The van der Waals surface area contributed by atoms with Crippen LogP contribution in [0.4, 0.5) is 5.69 Å². The Hall–Kier alpha value is -4.50. The highest BCUT2D eigenvalue weighted by Gasteiger charge is 2.16. The van der Waals surface area contributed by atoms with Gasteiger partial charge in [0.1, 0.15) is 0 Å². The summed E-state index contributed by atoms with van der Waals surface area (Å²) in [6.07, 6.45) is 11.5. The van der Waals surface area contributed by atoms with Crippen LogP contribution in [0.2, 0.25) is 0 Å². The highest BCUT2D eigenvalue weighted by atomic mass is 16.6. The lowest BCUT2D eigenvalue weighted by Gasteiger charge is -2.04. The maximum Gasteiger partial charge on any atom is 0.270 e. The van der Waals surface area contributed by atoms with E-state index in [1.54, 1.807) is 12.1 Å². The minimum Gasteiger partial charge on any atom is -0.342 e. The Kier molecular flexibility index (Phi) is 4.87. The second-order valence-corrected chi connectivity index (χ2v) is 8.00. The zero-order chi connectivity index (χ0) is 23.1. The summed E-state index contributed by atoms with van der Waals surface area (Å²) in [5.41, 5.74) is 5.79. The number of hydrogen-bond acceptors (Lipinski definition) is 3. The van der Waals surface area contributed by atoms with E-state index in [-0.39, 0.29) is 10.6 Å². The van der Waals surface area contributed by atoms with Gasteiger partial charge in [0, 0.05) is 47.6 Å². The fourth-order valence-electron chi connectivity index (χ4n) is 4.54. The zero-order valence-electron chi connectivity index (χ0n) is 18.3. The van der Waals surface area contributed by atoms with Crippen molar-refractivity contribution in [1.82, 2.24) is 9.55 Å². The minimum atomic E-state index is -0.361. The Bertz CT molecular complexity index is 1650. The fourth-order valence-corrected chi connectivity index (χ4v) is 4.54. The lowest BCUT2D eigenvalue weighted by Crippen LogP contribution is -2.33. The smallest absolute Gasteiger partial charge is 0.270 e. The predicted molar refractivity (Wildman–Crippen MR) is 132 cm³/mol. The van der Waals surface area contributed by atoms with Gasteiger partial charge in [0.15, 0.2) is 6.20 Å². The van der Waals surface area contributed by atoms with Crippen LogP contribution in [-0.4, -0.2) is 14.5 Å². The third kappa shape index (κ3) is 3.40. The molecule has 6 nitrogen and oxygen atoms in total. The maximum absolute atomic E-state index is 11.3. The topological polar surface area (TPSA) is 64.8 Å². The summed E-state index contributed by atoms with van der Waals surface area (Å²) in [5, 5.41) is 14.2. The Balaban J connectivity index is 1.65. The SMILES string of the molecule is C#CC[n+]1ccc(/C=C/c2cc3c4cc([N+](=O)[O-])ccc4n(C)c3c(C)n2)c2ccccc21. The van der Waals surface area contributed by atoms with Gasteiger partial charge >= 0.3 is 0 Å². The largest absolute Gasteiger partial charge is 0.342 e. The van der Waals surface area contributed by atoms with Gasteiger partial charge < -0.3 is 4.57 Å². The second kappa shape index (κ2) is 7.88. The molecule has 0 unspecified atom stereocenters. The van der Waals surface area contributed by atoms with Gasteiger partial charge in [0.25, 0.3) is 5.69 Å². The average molecular weight is 433 g/mol. The van der Waals surface area contributed by atoms with Crippen LogP contribution in [0.5, 0.6) is 0 Å². The molecule has 0 aliphatic heterocycles. The summed E-state index contributed by atoms with van der Waals surface area (Å²) in [6.45, 7) is 2.47. The molecule has 160 valence electrons. The molecule has 33 heavy (non-hydrogen) atoms. The number of terminal acetylenes is 1. The summed E-state index contributed by atoms with van der Waals surface area (Å²) in [6, 6.07) is 17.2. The predicted octanol–water partition coefficient (Wildman–Crippen LogP) is 5.19. The van der Waals surface area contributed by atoms with E-state index in [0.29, 0.717) is 6.54 Å². The van der Waals surface area contributed by atoms with Gasteiger partial charge in [0.05, 0.1) is 27.2 Å². The van der Waals surface area contributed by atoms with E-state index in [4.69, 9.17) is 11.4 Å². The number of pyridine rings is 2. The number of fused-ring (bicyclic) bond motifs is 4. The number of hydrogen-bond donors (Lipinski definition) is 0. The number of benzene rings is 2. The van der Waals surface area contributed by atoms with Crippen LogP contribution < -0.4 is 4.57 Å². The summed E-state index contributed by atoms with van der Waals surface area (Å²) in [7, 11) is 1.96. The van der Waals surface area contributed by atoms with Gasteiger partial charge in [-0.2, -0.15) is 4.57 Å². The molecule has 0 aliphatic carbocycles. The highest BCUT2D eigenvalue weighted by molar-refractivity contribution is 6.10. The van der Waals surface area contributed by atoms with Crippen LogP contribution >= 0.6 is 0 Å². The number of para-hydroxylation sites is 1. The Labute approximate surface area is 190 Å². The molecule has 0 radical (unpaired) electrons. The Morgan fingerprint density at radius 2 is 1.94 bits per heavy atom. The number of nitro groups is 1. The monoisotopic (exact) mass is 433 g/mol. The molecule has 0 saturated carbocycles. The third-order valence-electron chi connectivity index (χ3n) is 6.02. The lowest BCUT2D eigenvalue weighted by atomic mass is 10.1. The molecule has 3 heterocycles. The summed E-state index contributed by atoms with van der Waals surface area (Å²) in [4.78, 5) is 15.7. The van der Waals surface area contributed by atoms with Crippen molar-refractivity contribution in [2.24, 2.45) is 7.05 Å². The Morgan fingerprint density at radius 3 is 2.73 bits per heavy atom. The summed E-state index contributed by atoms with van der Waals surface area (Å²) in [5.74, 6) is 2.69. The molecule has 0 spiro atoms. The number of nitro benzene ring substituents is 1. The first-order chi connectivity index (χ1) is 16.0. The van der Waals surface area contributed by atoms with Crippen molar-refractivity contribution in [3.63, 3.8) is 0 Å². The average Bonchev–Trinajstić information content (AvgIpc) is 3.10. The fraction of sp³-hybridized carbons (Fsp3) is 0.111. The van der Waals surface area contributed by atoms with Crippen LogP contribution in [0.1, 0.15) is 17.0 Å². The number of rotatable bonds is 4. The molecule has 6 heteroatoms. The molecule has 0 amide bonds. The highest BCUT2D eigenvalue weighted by Crippen LogP contribution is 2.33. The van der Waals surface area contributed by atoms with Crippen LogP contribution in [-0.2, 0) is 13.6 Å². The number of non-ortho nitro benzene ring substituents is 1. The van der Waals surface area contributed by atoms with E-state index in [9.17, 15) is 10.1 Å². The van der Waals surface area contributed by atoms with E-state index in [2.05, 4.69) is 18.1 Å². The molecule has 2 aromatic carbocycles. The van der Waals surface area contributed by atoms with Crippen LogP contribution in [0.3, 0.4) is 0 Å². The van der Waals surface area contributed by atoms with Gasteiger partial charge in [-0.1, -0.05) is 18.2 Å². The van der Waals surface area contributed by atoms with Crippen molar-refractivity contribution < 1.29 is 9.49 Å². The van der Waals surface area contributed by atoms with Crippen molar-refractivity contribution in [3.8, 4) is 12.3 Å². The number of nitrogens with zero attached hydrogens (tertiary/aromatic N) is 4. The molecule has 5 rings (SSSR count). The second-order valence-electron chi connectivity index (χ2n) is 8.00. The summed E-state index contributed by atoms with van der Waals surface area (Å²) < 4.78 is 4.09. The van der Waals surface area contributed by atoms with Crippen molar-refractivity contribution in [3.05, 3.63) is 87.9 Å². The first-order valence-electron chi connectivity index (χ1n) is 10.5. The number of aromatic nitrogens is 3. The van der Waals surface area contributed by atoms with E-state index in [0.717, 1.165) is 49.7 Å². The Morgan fingerprint density at radius 1 is 1.12 bits per heavy atom. The van der Waals surface area contributed by atoms with Gasteiger partial charge in [-0.05, 0) is 42.7 Å². The van der Waals surface area contributed by atoms with E-state index >= 15 is 0 Å². The normalized spacial score (nSPS) is 11.5. The van der Waals surface area contributed by atoms with Gasteiger partial charge in [-0.15, -0.1) is 6.42 Å². The van der Waals surface area contributed by atoms with Crippen LogP contribution in [0.15, 0.2) is 60.8 Å². The van der Waals surface area contributed by atoms with E-state index in [1.807, 2.05) is 65.7 Å². The molecule has 0 aliphatic rings. The molecule has 0 fully saturated rings. The van der Waals surface area contributed by atoms with Crippen molar-refractivity contribution in [1.29, 1.82) is 0 Å². The minimum absolute atomic E-state index is 0.0811. The first kappa shape index (κ1) is 20.4. The van der Waals surface area contributed by atoms with E-state index in [1.165, 1.54) is 6.07 Å². The molecule has 5 aromatic rings. The molecular formula is C27H21N4O2+. The molecule has 0 bridgehead atoms. The standard InChI is InChI=1S/C27H21N4O2/c1-4-14-30-15-13-19(22-7-5-6-8-26(22)30)9-10-20-16-24-23-17-21(31(32)33)11-12-25(23)29(3)27(24)18(2)28-20/h1,5-13,15-17H,14H2,2-3H3/q+1. The van der Waals surface area contributed by atoms with Gasteiger partial charge in [-0.25, -0.2) is 0 Å². The molecule has 0 atom stereocenters. The van der Waals surface area contributed by atoms with Crippen molar-refractivity contribution >= 4 is 50.5 Å². The summed E-state index contributed by atoms with van der Waals surface area (Å²) >= 11 is 0. The molecule has 0 N–H and O–H groups in total. The molecule has 0 saturated heterocycles. The van der Waals surface area contributed by atoms with E-state index < -0.39 is 0 Å².